The summed E-state index contributed by atoms with van der Waals surface area (Å²) in [5, 5.41) is 0.523. The van der Waals surface area contributed by atoms with Crippen LogP contribution in [0.25, 0.3) is 5.65 Å². The van der Waals surface area contributed by atoms with Crippen molar-refractivity contribution in [2.45, 2.75) is 32.6 Å². The summed E-state index contributed by atoms with van der Waals surface area (Å²) in [6.45, 7) is 6.49. The van der Waals surface area contributed by atoms with E-state index >= 15 is 0 Å². The summed E-state index contributed by atoms with van der Waals surface area (Å²) in [5.41, 5.74) is 1.30. The minimum absolute atomic E-state index is 0.105. The SMILES string of the molecule is C[C@@H]1CN(Cc2cc(=O)n3cc(Cl)ccc3n2)C[C@H](C)O1. The molecular formula is C15H18ClN3O2. The van der Waals surface area contributed by atoms with Gasteiger partial charge in [-0.05, 0) is 26.0 Å². The van der Waals surface area contributed by atoms with Gasteiger partial charge in [0.05, 0.1) is 22.9 Å². The van der Waals surface area contributed by atoms with Crippen LogP contribution in [0.4, 0.5) is 0 Å². The lowest BCUT2D eigenvalue weighted by molar-refractivity contribution is -0.0707. The van der Waals surface area contributed by atoms with Gasteiger partial charge in [-0.2, -0.15) is 0 Å². The van der Waals surface area contributed by atoms with Crippen LogP contribution in [-0.2, 0) is 11.3 Å². The highest BCUT2D eigenvalue weighted by molar-refractivity contribution is 6.30. The highest BCUT2D eigenvalue weighted by atomic mass is 35.5. The standard InChI is InChI=1S/C15H18ClN3O2/c1-10-6-18(7-11(2)21-10)9-13-5-15(20)19-8-12(16)3-4-14(19)17-13/h3-5,8,10-11H,6-7,9H2,1-2H3/t10-,11+. The second-order valence-electron chi connectivity index (χ2n) is 5.61. The predicted octanol–water partition coefficient (Wildman–Crippen LogP) is 1.96. The number of pyridine rings is 1. The van der Waals surface area contributed by atoms with Crippen LogP contribution in [0, 0.1) is 0 Å². The quantitative estimate of drug-likeness (QED) is 0.851. The third-order valence-corrected chi connectivity index (χ3v) is 3.78. The molecule has 1 saturated heterocycles. The Kier molecular flexibility index (Phi) is 3.97. The van der Waals surface area contributed by atoms with Crippen LogP contribution in [0.1, 0.15) is 19.5 Å². The van der Waals surface area contributed by atoms with E-state index in [1.807, 2.05) is 0 Å². The smallest absolute Gasteiger partial charge is 0.258 e. The topological polar surface area (TPSA) is 46.8 Å². The lowest BCUT2D eigenvalue weighted by atomic mass is 10.2. The Bertz CT molecular complexity index is 706. The van der Waals surface area contributed by atoms with Crippen molar-refractivity contribution in [3.8, 4) is 0 Å². The van der Waals surface area contributed by atoms with E-state index in [1.54, 1.807) is 24.4 Å². The maximum absolute atomic E-state index is 12.1. The molecule has 1 aliphatic rings. The molecular weight excluding hydrogens is 290 g/mol. The van der Waals surface area contributed by atoms with Crippen LogP contribution >= 0.6 is 11.6 Å². The molecule has 0 N–H and O–H groups in total. The van der Waals surface area contributed by atoms with Crippen LogP contribution in [0.3, 0.4) is 0 Å². The van der Waals surface area contributed by atoms with Gasteiger partial charge in [-0.15, -0.1) is 0 Å². The molecule has 0 spiro atoms. The summed E-state index contributed by atoms with van der Waals surface area (Å²) >= 11 is 5.91. The number of morpholine rings is 1. The zero-order valence-electron chi connectivity index (χ0n) is 12.1. The summed E-state index contributed by atoms with van der Waals surface area (Å²) in [4.78, 5) is 19.0. The van der Waals surface area contributed by atoms with Gasteiger partial charge in [-0.3, -0.25) is 14.1 Å². The van der Waals surface area contributed by atoms with Gasteiger partial charge in [0.25, 0.3) is 5.56 Å². The fourth-order valence-electron chi connectivity index (χ4n) is 2.85. The normalized spacial score (nSPS) is 23.6. The van der Waals surface area contributed by atoms with Crippen LogP contribution in [0.2, 0.25) is 5.02 Å². The third-order valence-electron chi connectivity index (χ3n) is 3.56. The zero-order chi connectivity index (χ0) is 15.0. The molecule has 0 amide bonds. The number of nitrogens with zero attached hydrogens (tertiary/aromatic N) is 3. The minimum atomic E-state index is -0.105. The Labute approximate surface area is 128 Å². The van der Waals surface area contributed by atoms with Gasteiger partial charge < -0.3 is 4.74 Å². The van der Waals surface area contributed by atoms with E-state index < -0.39 is 0 Å². The van der Waals surface area contributed by atoms with Gasteiger partial charge in [-0.25, -0.2) is 4.98 Å². The molecule has 1 fully saturated rings. The molecule has 2 aromatic rings. The van der Waals surface area contributed by atoms with Crippen molar-refractivity contribution in [2.75, 3.05) is 13.1 Å². The molecule has 0 aliphatic carbocycles. The first kappa shape index (κ1) is 14.5. The summed E-state index contributed by atoms with van der Waals surface area (Å²) in [5.74, 6) is 0. The van der Waals surface area contributed by atoms with Crippen molar-refractivity contribution in [1.82, 2.24) is 14.3 Å². The number of aromatic nitrogens is 2. The molecule has 0 saturated carbocycles. The van der Waals surface area contributed by atoms with Crippen molar-refractivity contribution >= 4 is 17.2 Å². The number of fused-ring (bicyclic) bond motifs is 1. The molecule has 0 unspecified atom stereocenters. The second kappa shape index (κ2) is 5.75. The lowest BCUT2D eigenvalue weighted by Gasteiger charge is -2.35. The van der Waals surface area contributed by atoms with E-state index in [2.05, 4.69) is 23.7 Å². The highest BCUT2D eigenvalue weighted by Crippen LogP contribution is 2.14. The van der Waals surface area contributed by atoms with E-state index in [4.69, 9.17) is 16.3 Å². The van der Waals surface area contributed by atoms with E-state index in [0.29, 0.717) is 17.2 Å². The molecule has 6 heteroatoms. The van der Waals surface area contributed by atoms with Gasteiger partial charge in [0.2, 0.25) is 0 Å². The van der Waals surface area contributed by atoms with Crippen molar-refractivity contribution in [2.24, 2.45) is 0 Å². The van der Waals surface area contributed by atoms with Crippen molar-refractivity contribution in [1.29, 1.82) is 0 Å². The molecule has 0 aromatic carbocycles. The van der Waals surface area contributed by atoms with Crippen LogP contribution in [0.15, 0.2) is 29.2 Å². The fourth-order valence-corrected chi connectivity index (χ4v) is 3.01. The Hall–Kier alpha value is -1.43. The van der Waals surface area contributed by atoms with Crippen molar-refractivity contribution in [3.63, 3.8) is 0 Å². The average molecular weight is 308 g/mol. The molecule has 3 heterocycles. The maximum atomic E-state index is 12.1. The highest BCUT2D eigenvalue weighted by Gasteiger charge is 2.22. The number of halogens is 1. The van der Waals surface area contributed by atoms with Crippen LogP contribution < -0.4 is 5.56 Å². The minimum Gasteiger partial charge on any atom is -0.373 e. The Morgan fingerprint density at radius 2 is 2.05 bits per heavy atom. The number of hydrogen-bond acceptors (Lipinski definition) is 4. The number of rotatable bonds is 2. The fraction of sp³-hybridized carbons (Fsp3) is 0.467. The van der Waals surface area contributed by atoms with E-state index in [-0.39, 0.29) is 17.8 Å². The molecule has 0 radical (unpaired) electrons. The van der Waals surface area contributed by atoms with Crippen molar-refractivity contribution in [3.05, 3.63) is 45.5 Å². The average Bonchev–Trinajstić information content (AvgIpc) is 2.38. The first-order valence-electron chi connectivity index (χ1n) is 7.07. The second-order valence-corrected chi connectivity index (χ2v) is 6.05. The van der Waals surface area contributed by atoms with Crippen LogP contribution in [0.5, 0.6) is 0 Å². The summed E-state index contributed by atoms with van der Waals surface area (Å²) in [6.07, 6.45) is 2.00. The molecule has 0 bridgehead atoms. The number of hydrogen-bond donors (Lipinski definition) is 0. The van der Waals surface area contributed by atoms with Gasteiger partial charge in [-0.1, -0.05) is 11.6 Å². The molecule has 21 heavy (non-hydrogen) atoms. The van der Waals surface area contributed by atoms with Crippen LogP contribution in [-0.4, -0.2) is 39.6 Å². The summed E-state index contributed by atoms with van der Waals surface area (Å²) in [7, 11) is 0. The molecule has 3 rings (SSSR count). The third kappa shape index (κ3) is 3.26. The molecule has 112 valence electrons. The van der Waals surface area contributed by atoms with Crippen molar-refractivity contribution < 1.29 is 4.74 Å². The monoisotopic (exact) mass is 307 g/mol. The van der Waals surface area contributed by atoms with Gasteiger partial charge in [0, 0.05) is 31.9 Å². The Balaban J connectivity index is 1.87. The van der Waals surface area contributed by atoms with Gasteiger partial charge in [0.1, 0.15) is 5.65 Å². The Morgan fingerprint density at radius 1 is 1.33 bits per heavy atom. The summed E-state index contributed by atoms with van der Waals surface area (Å²) in [6, 6.07) is 5.08. The molecule has 5 nitrogen and oxygen atoms in total. The zero-order valence-corrected chi connectivity index (χ0v) is 12.9. The Morgan fingerprint density at radius 3 is 2.76 bits per heavy atom. The summed E-state index contributed by atoms with van der Waals surface area (Å²) < 4.78 is 7.19. The van der Waals surface area contributed by atoms with E-state index in [1.165, 1.54) is 4.40 Å². The maximum Gasteiger partial charge on any atom is 0.258 e. The first-order chi connectivity index (χ1) is 10.0. The molecule has 2 aromatic heterocycles. The van der Waals surface area contributed by atoms with E-state index in [0.717, 1.165) is 18.8 Å². The molecule has 2 atom stereocenters. The van der Waals surface area contributed by atoms with Gasteiger partial charge in [0.15, 0.2) is 0 Å². The van der Waals surface area contributed by atoms with E-state index in [9.17, 15) is 4.79 Å². The molecule has 1 aliphatic heterocycles. The first-order valence-corrected chi connectivity index (χ1v) is 7.45. The largest absolute Gasteiger partial charge is 0.373 e. The predicted molar refractivity (Wildman–Crippen MR) is 81.8 cm³/mol. The number of ether oxygens (including phenoxy) is 1. The van der Waals surface area contributed by atoms with Gasteiger partial charge >= 0.3 is 0 Å². The lowest BCUT2D eigenvalue weighted by Crippen LogP contribution is -2.45.